The maximum Gasteiger partial charge on any atom is 0.315 e. The van der Waals surface area contributed by atoms with Crippen LogP contribution in [0.25, 0.3) is 0 Å². The van der Waals surface area contributed by atoms with Crippen LogP contribution in [0.15, 0.2) is 24.3 Å². The maximum atomic E-state index is 12.1. The van der Waals surface area contributed by atoms with Gasteiger partial charge in [0.1, 0.15) is 5.92 Å². The standard InChI is InChI=1S/C15H21NO2/c1-3-6-11(2)10-18-15(17)13-9-16-14-8-5-4-7-12(13)14/h4-5,7-8,11,13,16H,3,6,9-10H2,1-2H3. The first-order chi connectivity index (χ1) is 8.72. The number of benzene rings is 1. The molecule has 0 amide bonds. The quantitative estimate of drug-likeness (QED) is 0.812. The summed E-state index contributed by atoms with van der Waals surface area (Å²) < 4.78 is 5.42. The van der Waals surface area contributed by atoms with Crippen LogP contribution in [0.1, 0.15) is 38.2 Å². The number of rotatable bonds is 5. The Bertz CT molecular complexity index is 417. The van der Waals surface area contributed by atoms with Gasteiger partial charge in [0.25, 0.3) is 0 Å². The molecule has 0 bridgehead atoms. The van der Waals surface area contributed by atoms with Crippen molar-refractivity contribution in [3.05, 3.63) is 29.8 Å². The van der Waals surface area contributed by atoms with Gasteiger partial charge in [-0.1, -0.05) is 38.5 Å². The third-order valence-electron chi connectivity index (χ3n) is 3.41. The lowest BCUT2D eigenvalue weighted by atomic mass is 10.0. The Morgan fingerprint density at radius 1 is 1.50 bits per heavy atom. The highest BCUT2D eigenvalue weighted by molar-refractivity contribution is 5.83. The normalized spacial score (nSPS) is 18.9. The molecule has 1 aliphatic rings. The minimum absolute atomic E-state index is 0.101. The molecule has 1 aliphatic heterocycles. The summed E-state index contributed by atoms with van der Waals surface area (Å²) in [7, 11) is 0. The van der Waals surface area contributed by atoms with Gasteiger partial charge in [0, 0.05) is 12.2 Å². The SMILES string of the molecule is CCCC(C)COC(=O)C1CNc2ccccc21. The van der Waals surface area contributed by atoms with Crippen LogP contribution >= 0.6 is 0 Å². The summed E-state index contributed by atoms with van der Waals surface area (Å²) in [5.74, 6) is 0.203. The summed E-state index contributed by atoms with van der Waals surface area (Å²) in [5, 5.41) is 3.24. The Kier molecular flexibility index (Phi) is 4.24. The van der Waals surface area contributed by atoms with Gasteiger partial charge in [0.15, 0.2) is 0 Å². The Hall–Kier alpha value is -1.51. The molecule has 3 nitrogen and oxygen atoms in total. The van der Waals surface area contributed by atoms with E-state index in [0.29, 0.717) is 19.1 Å². The van der Waals surface area contributed by atoms with Crippen LogP contribution in [0.3, 0.4) is 0 Å². The van der Waals surface area contributed by atoms with Crippen LogP contribution in [-0.2, 0) is 9.53 Å². The first kappa shape index (κ1) is 12.9. The van der Waals surface area contributed by atoms with Gasteiger partial charge >= 0.3 is 5.97 Å². The van der Waals surface area contributed by atoms with E-state index >= 15 is 0 Å². The molecule has 1 heterocycles. The number of carbonyl (C=O) groups is 1. The molecule has 98 valence electrons. The third kappa shape index (κ3) is 2.84. The molecule has 0 spiro atoms. The zero-order valence-corrected chi connectivity index (χ0v) is 11.1. The summed E-state index contributed by atoms with van der Waals surface area (Å²) in [5.41, 5.74) is 2.12. The lowest BCUT2D eigenvalue weighted by Crippen LogP contribution is -2.20. The van der Waals surface area contributed by atoms with Gasteiger partial charge in [0.05, 0.1) is 6.61 Å². The first-order valence-corrected chi connectivity index (χ1v) is 6.71. The number of hydrogen-bond acceptors (Lipinski definition) is 3. The number of anilines is 1. The van der Waals surface area contributed by atoms with Gasteiger partial charge in [0.2, 0.25) is 0 Å². The average molecular weight is 247 g/mol. The van der Waals surface area contributed by atoms with Crippen molar-refractivity contribution >= 4 is 11.7 Å². The van der Waals surface area contributed by atoms with E-state index in [0.717, 1.165) is 24.1 Å². The second kappa shape index (κ2) is 5.89. The fourth-order valence-electron chi connectivity index (χ4n) is 2.40. The van der Waals surface area contributed by atoms with Crippen molar-refractivity contribution in [2.24, 2.45) is 5.92 Å². The molecule has 0 aromatic heterocycles. The average Bonchev–Trinajstić information content (AvgIpc) is 2.80. The number of carbonyl (C=O) groups excluding carboxylic acids is 1. The first-order valence-electron chi connectivity index (χ1n) is 6.71. The Morgan fingerprint density at radius 2 is 2.28 bits per heavy atom. The summed E-state index contributed by atoms with van der Waals surface area (Å²) in [6, 6.07) is 7.94. The highest BCUT2D eigenvalue weighted by Crippen LogP contribution is 2.31. The molecule has 0 saturated carbocycles. The zero-order valence-electron chi connectivity index (χ0n) is 11.1. The van der Waals surface area contributed by atoms with Crippen LogP contribution in [0.2, 0.25) is 0 Å². The number of nitrogens with one attached hydrogen (secondary N) is 1. The number of para-hydroxylation sites is 1. The van der Waals surface area contributed by atoms with Gasteiger partial charge in [-0.25, -0.2) is 0 Å². The molecule has 1 aromatic rings. The van der Waals surface area contributed by atoms with E-state index in [1.54, 1.807) is 0 Å². The minimum Gasteiger partial charge on any atom is -0.465 e. The summed E-state index contributed by atoms with van der Waals surface area (Å²) in [4.78, 5) is 12.1. The minimum atomic E-state index is -0.143. The number of esters is 1. The van der Waals surface area contributed by atoms with Crippen molar-refractivity contribution in [1.82, 2.24) is 0 Å². The monoisotopic (exact) mass is 247 g/mol. The second-order valence-electron chi connectivity index (χ2n) is 5.04. The molecule has 18 heavy (non-hydrogen) atoms. The fourth-order valence-corrected chi connectivity index (χ4v) is 2.40. The van der Waals surface area contributed by atoms with Crippen molar-refractivity contribution < 1.29 is 9.53 Å². The Morgan fingerprint density at radius 3 is 3.06 bits per heavy atom. The number of hydrogen-bond donors (Lipinski definition) is 1. The molecule has 2 atom stereocenters. The van der Waals surface area contributed by atoms with Crippen LogP contribution in [0.5, 0.6) is 0 Å². The lowest BCUT2D eigenvalue weighted by Gasteiger charge is -2.14. The summed E-state index contributed by atoms with van der Waals surface area (Å²) >= 11 is 0. The van der Waals surface area contributed by atoms with Gasteiger partial charge in [-0.15, -0.1) is 0 Å². The fraction of sp³-hybridized carbons (Fsp3) is 0.533. The van der Waals surface area contributed by atoms with Gasteiger partial charge < -0.3 is 10.1 Å². The van der Waals surface area contributed by atoms with E-state index in [4.69, 9.17) is 4.74 Å². The molecule has 1 N–H and O–H groups in total. The van der Waals surface area contributed by atoms with Crippen molar-refractivity contribution in [3.63, 3.8) is 0 Å². The molecule has 0 fully saturated rings. The van der Waals surface area contributed by atoms with E-state index in [1.807, 2.05) is 24.3 Å². The molecule has 2 rings (SSSR count). The summed E-state index contributed by atoms with van der Waals surface area (Å²) in [6.07, 6.45) is 2.24. The molecule has 0 aliphatic carbocycles. The van der Waals surface area contributed by atoms with Gasteiger partial charge in [-0.05, 0) is 24.0 Å². The number of fused-ring (bicyclic) bond motifs is 1. The van der Waals surface area contributed by atoms with Crippen LogP contribution < -0.4 is 5.32 Å². The van der Waals surface area contributed by atoms with E-state index in [-0.39, 0.29) is 11.9 Å². The van der Waals surface area contributed by atoms with Crippen molar-refractivity contribution in [1.29, 1.82) is 0 Å². The van der Waals surface area contributed by atoms with E-state index in [9.17, 15) is 4.79 Å². The van der Waals surface area contributed by atoms with E-state index in [2.05, 4.69) is 19.2 Å². The predicted octanol–water partition coefficient (Wildman–Crippen LogP) is 3.18. The smallest absolute Gasteiger partial charge is 0.315 e. The third-order valence-corrected chi connectivity index (χ3v) is 3.41. The molecular weight excluding hydrogens is 226 g/mol. The Labute approximate surface area is 109 Å². The van der Waals surface area contributed by atoms with E-state index in [1.165, 1.54) is 0 Å². The maximum absolute atomic E-state index is 12.1. The van der Waals surface area contributed by atoms with Crippen LogP contribution in [0.4, 0.5) is 5.69 Å². The van der Waals surface area contributed by atoms with Gasteiger partial charge in [-0.3, -0.25) is 4.79 Å². The zero-order chi connectivity index (χ0) is 13.0. The van der Waals surface area contributed by atoms with Crippen molar-refractivity contribution in [2.45, 2.75) is 32.6 Å². The lowest BCUT2D eigenvalue weighted by molar-refractivity contribution is -0.146. The topological polar surface area (TPSA) is 38.3 Å². The number of ether oxygens (including phenoxy) is 1. The molecule has 2 unspecified atom stereocenters. The highest BCUT2D eigenvalue weighted by Gasteiger charge is 2.29. The van der Waals surface area contributed by atoms with Crippen molar-refractivity contribution in [2.75, 3.05) is 18.5 Å². The Balaban J connectivity index is 1.91. The van der Waals surface area contributed by atoms with Gasteiger partial charge in [-0.2, -0.15) is 0 Å². The van der Waals surface area contributed by atoms with E-state index < -0.39 is 0 Å². The molecular formula is C15H21NO2. The molecule has 1 aromatic carbocycles. The van der Waals surface area contributed by atoms with Crippen LogP contribution in [0, 0.1) is 5.92 Å². The summed E-state index contributed by atoms with van der Waals surface area (Å²) in [6.45, 7) is 5.46. The molecule has 3 heteroatoms. The second-order valence-corrected chi connectivity index (χ2v) is 5.04. The largest absolute Gasteiger partial charge is 0.465 e. The molecule has 0 saturated heterocycles. The van der Waals surface area contributed by atoms with Crippen molar-refractivity contribution in [3.8, 4) is 0 Å². The van der Waals surface area contributed by atoms with Crippen LogP contribution in [-0.4, -0.2) is 19.1 Å². The molecule has 0 radical (unpaired) electrons. The predicted molar refractivity (Wildman–Crippen MR) is 72.7 cm³/mol. The highest BCUT2D eigenvalue weighted by atomic mass is 16.5.